The minimum Gasteiger partial charge on any atom is -0.338 e. The zero-order valence-electron chi connectivity index (χ0n) is 11.2. The van der Waals surface area contributed by atoms with Crippen molar-refractivity contribution >= 4 is 0 Å². The van der Waals surface area contributed by atoms with E-state index in [1.807, 2.05) is 0 Å². The van der Waals surface area contributed by atoms with Gasteiger partial charge >= 0.3 is 0 Å². The third-order valence-electron chi connectivity index (χ3n) is 6.26. The molecule has 4 fully saturated rings. The van der Waals surface area contributed by atoms with Crippen LogP contribution in [0.1, 0.15) is 40.0 Å². The van der Waals surface area contributed by atoms with Gasteiger partial charge in [-0.1, -0.05) is 25.5 Å². The van der Waals surface area contributed by atoms with Crippen molar-refractivity contribution in [3.63, 3.8) is 0 Å². The fraction of sp³-hybridized carbons (Fsp3) is 0.867. The predicted molar refractivity (Wildman–Crippen MR) is 64.7 cm³/mol. The highest BCUT2D eigenvalue weighted by Gasteiger charge is 2.94. The number of allylic oxidation sites excluding steroid dienone is 2. The number of epoxide rings is 2. The zero-order chi connectivity index (χ0) is 12.3. The van der Waals surface area contributed by atoms with Crippen LogP contribution < -0.4 is 0 Å². The van der Waals surface area contributed by atoms with Crippen LogP contribution >= 0.6 is 0 Å². The lowest BCUT2D eigenvalue weighted by atomic mass is 9.54. The molecule has 5 rings (SSSR count). The molecule has 0 aromatic carbocycles. The van der Waals surface area contributed by atoms with Crippen LogP contribution in [0.3, 0.4) is 0 Å². The molecular formula is C15H20O3. The third-order valence-corrected chi connectivity index (χ3v) is 6.26. The first kappa shape index (κ1) is 10.4. The lowest BCUT2D eigenvalue weighted by Gasteiger charge is -2.48. The third kappa shape index (κ3) is 0.851. The minimum atomic E-state index is -0.306. The molecule has 0 aromatic heterocycles. The first-order chi connectivity index (χ1) is 8.50. The van der Waals surface area contributed by atoms with Gasteiger partial charge in [-0.25, -0.2) is 0 Å². The molecule has 3 saturated heterocycles. The molecule has 3 aliphatic heterocycles. The Bertz CT molecular complexity index is 482. The monoisotopic (exact) mass is 248 g/mol. The molecule has 18 heavy (non-hydrogen) atoms. The van der Waals surface area contributed by atoms with E-state index in [9.17, 15) is 0 Å². The standard InChI is InChI=1S/C15H20O3/c1-8-4-5-10-9(6-8)7-14-15(18-14,13(10,2)3)11-12(16-11)17-14/h6,9-12H,4-5,7H2,1-3H3/t9-,10-,11-,12-,14-,15+/m1/s1. The highest BCUT2D eigenvalue weighted by molar-refractivity contribution is 5.35. The Morgan fingerprint density at radius 3 is 3.00 bits per heavy atom. The van der Waals surface area contributed by atoms with Crippen LogP contribution in [0.25, 0.3) is 0 Å². The molecule has 0 bridgehead atoms. The number of ether oxygens (including phenoxy) is 3. The van der Waals surface area contributed by atoms with Crippen LogP contribution in [0.15, 0.2) is 11.6 Å². The SMILES string of the molecule is CC1=C[C@@H]2C[C@]34O[C@H]5O[C@H]5[C@]3(O4)C(C)(C)[C@@H]2CC1. The van der Waals surface area contributed by atoms with Gasteiger partial charge in [-0.2, -0.15) is 0 Å². The molecule has 0 unspecified atom stereocenters. The summed E-state index contributed by atoms with van der Waals surface area (Å²) < 4.78 is 17.9. The Balaban J connectivity index is 1.63. The van der Waals surface area contributed by atoms with Gasteiger partial charge in [-0.3, -0.25) is 0 Å². The quantitative estimate of drug-likeness (QED) is 0.488. The Labute approximate surface area is 107 Å². The van der Waals surface area contributed by atoms with E-state index >= 15 is 0 Å². The van der Waals surface area contributed by atoms with Crippen molar-refractivity contribution in [2.45, 2.75) is 63.8 Å². The number of fused-ring (bicyclic) bond motifs is 2. The van der Waals surface area contributed by atoms with Crippen LogP contribution in [0.4, 0.5) is 0 Å². The smallest absolute Gasteiger partial charge is 0.205 e. The van der Waals surface area contributed by atoms with Gasteiger partial charge < -0.3 is 14.2 Å². The Kier molecular flexibility index (Phi) is 1.49. The van der Waals surface area contributed by atoms with Gasteiger partial charge in [0.25, 0.3) is 0 Å². The van der Waals surface area contributed by atoms with Gasteiger partial charge in [0.1, 0.15) is 6.10 Å². The number of hydrogen-bond acceptors (Lipinski definition) is 3. The van der Waals surface area contributed by atoms with Crippen molar-refractivity contribution in [3.8, 4) is 0 Å². The summed E-state index contributed by atoms with van der Waals surface area (Å²) in [5, 5.41) is 0. The van der Waals surface area contributed by atoms with Crippen molar-refractivity contribution in [2.75, 3.05) is 0 Å². The van der Waals surface area contributed by atoms with E-state index in [0.29, 0.717) is 11.8 Å². The van der Waals surface area contributed by atoms with Gasteiger partial charge in [-0.05, 0) is 31.6 Å². The maximum Gasteiger partial charge on any atom is 0.205 e. The minimum absolute atomic E-state index is 0.0308. The van der Waals surface area contributed by atoms with Crippen LogP contribution in [0, 0.1) is 17.3 Å². The molecule has 3 nitrogen and oxygen atoms in total. The van der Waals surface area contributed by atoms with Crippen molar-refractivity contribution in [2.24, 2.45) is 17.3 Å². The van der Waals surface area contributed by atoms with E-state index < -0.39 is 0 Å². The maximum absolute atomic E-state index is 6.21. The summed E-state index contributed by atoms with van der Waals surface area (Å²) >= 11 is 0. The van der Waals surface area contributed by atoms with Crippen molar-refractivity contribution in [1.82, 2.24) is 0 Å². The molecule has 98 valence electrons. The highest BCUT2D eigenvalue weighted by Crippen LogP contribution is 2.78. The molecule has 0 amide bonds. The van der Waals surface area contributed by atoms with E-state index in [-0.39, 0.29) is 29.2 Å². The second-order valence-corrected chi connectivity index (χ2v) is 7.38. The average molecular weight is 248 g/mol. The van der Waals surface area contributed by atoms with E-state index in [1.165, 1.54) is 18.4 Å². The summed E-state index contributed by atoms with van der Waals surface area (Å²) in [6.07, 6.45) is 6.28. The molecule has 3 heteroatoms. The van der Waals surface area contributed by atoms with Gasteiger partial charge in [0.05, 0.1) is 0 Å². The van der Waals surface area contributed by atoms with Crippen molar-refractivity contribution < 1.29 is 14.2 Å². The summed E-state index contributed by atoms with van der Waals surface area (Å²) in [6, 6.07) is 0. The molecule has 3 heterocycles. The molecule has 6 atom stereocenters. The second kappa shape index (κ2) is 2.58. The van der Waals surface area contributed by atoms with E-state index in [1.54, 1.807) is 0 Å². The first-order valence-corrected chi connectivity index (χ1v) is 7.21. The highest BCUT2D eigenvalue weighted by atomic mass is 16.9. The summed E-state index contributed by atoms with van der Waals surface area (Å²) in [5.41, 5.74) is 1.56. The summed E-state index contributed by atoms with van der Waals surface area (Å²) in [6.45, 7) is 6.99. The van der Waals surface area contributed by atoms with Crippen molar-refractivity contribution in [3.05, 3.63) is 11.6 Å². The molecule has 0 N–H and O–H groups in total. The molecule has 0 radical (unpaired) electrons. The van der Waals surface area contributed by atoms with Gasteiger partial charge in [-0.15, -0.1) is 0 Å². The summed E-state index contributed by atoms with van der Waals surface area (Å²) in [4.78, 5) is 0. The molecule has 2 aliphatic carbocycles. The second-order valence-electron chi connectivity index (χ2n) is 7.38. The Morgan fingerprint density at radius 2 is 2.17 bits per heavy atom. The van der Waals surface area contributed by atoms with Gasteiger partial charge in [0.2, 0.25) is 5.79 Å². The predicted octanol–water partition coefficient (Wildman–Crippen LogP) is 2.61. The van der Waals surface area contributed by atoms with Crippen LogP contribution in [0.5, 0.6) is 0 Å². The number of hydrogen-bond donors (Lipinski definition) is 0. The van der Waals surface area contributed by atoms with E-state index in [4.69, 9.17) is 14.2 Å². The maximum atomic E-state index is 6.21. The van der Waals surface area contributed by atoms with E-state index in [2.05, 4.69) is 26.8 Å². The lowest BCUT2D eigenvalue weighted by Crippen LogP contribution is -2.54. The molecular weight excluding hydrogens is 228 g/mol. The number of rotatable bonds is 0. The molecule has 5 aliphatic rings. The van der Waals surface area contributed by atoms with Crippen LogP contribution in [-0.2, 0) is 14.2 Å². The summed E-state index contributed by atoms with van der Waals surface area (Å²) in [5.74, 6) is 1.03. The largest absolute Gasteiger partial charge is 0.338 e. The van der Waals surface area contributed by atoms with Crippen LogP contribution in [0.2, 0.25) is 0 Å². The fourth-order valence-corrected chi connectivity index (χ4v) is 5.36. The molecule has 0 spiro atoms. The lowest BCUT2D eigenvalue weighted by molar-refractivity contribution is -0.114. The Morgan fingerprint density at radius 1 is 1.33 bits per heavy atom. The first-order valence-electron chi connectivity index (χ1n) is 7.21. The normalized spacial score (nSPS) is 62.1. The zero-order valence-corrected chi connectivity index (χ0v) is 11.2. The van der Waals surface area contributed by atoms with E-state index in [0.717, 1.165) is 6.42 Å². The molecule has 1 saturated carbocycles. The van der Waals surface area contributed by atoms with Crippen LogP contribution in [-0.4, -0.2) is 23.8 Å². The molecule has 0 aromatic rings. The van der Waals surface area contributed by atoms with Gasteiger partial charge in [0, 0.05) is 11.8 Å². The fourth-order valence-electron chi connectivity index (χ4n) is 5.36. The average Bonchev–Trinajstić information content (AvgIpc) is 3.15. The summed E-state index contributed by atoms with van der Waals surface area (Å²) in [7, 11) is 0. The van der Waals surface area contributed by atoms with Crippen molar-refractivity contribution in [1.29, 1.82) is 0 Å². The Hall–Kier alpha value is -0.380. The topological polar surface area (TPSA) is 34.3 Å². The van der Waals surface area contributed by atoms with Gasteiger partial charge in [0.15, 0.2) is 11.9 Å².